The molecule has 1 heterocycles. The van der Waals surface area contributed by atoms with Crippen LogP contribution < -0.4 is 4.74 Å². The zero-order chi connectivity index (χ0) is 15.5. The number of rotatable bonds is 3. The number of hydrogen-bond acceptors (Lipinski definition) is 2. The molecule has 1 fully saturated rings. The molecule has 0 atom stereocenters. The van der Waals surface area contributed by atoms with Crippen molar-refractivity contribution in [2.45, 2.75) is 40.5 Å². The zero-order valence-electron chi connectivity index (χ0n) is 13.7. The van der Waals surface area contributed by atoms with Gasteiger partial charge in [-0.05, 0) is 37.8 Å². The highest BCUT2D eigenvalue weighted by molar-refractivity contribution is 5.81. The highest BCUT2D eigenvalue weighted by Crippen LogP contribution is 2.24. The van der Waals surface area contributed by atoms with E-state index in [-0.39, 0.29) is 11.3 Å². The van der Waals surface area contributed by atoms with Crippen molar-refractivity contribution in [2.24, 2.45) is 11.3 Å². The third-order valence-electron chi connectivity index (χ3n) is 4.05. The van der Waals surface area contributed by atoms with Crippen LogP contribution in [0, 0.1) is 18.3 Å². The SMILES string of the molecule is Cc1ccc(OCC2CCN(C(=O)C(C)(C)C)CC2)cc1. The Morgan fingerprint density at radius 3 is 2.29 bits per heavy atom. The Balaban J connectivity index is 1.77. The van der Waals surface area contributed by atoms with Gasteiger partial charge >= 0.3 is 0 Å². The molecule has 0 aliphatic carbocycles. The van der Waals surface area contributed by atoms with E-state index < -0.39 is 0 Å². The van der Waals surface area contributed by atoms with Crippen LogP contribution in [0.2, 0.25) is 0 Å². The second-order valence-corrected chi connectivity index (χ2v) is 7.11. The summed E-state index contributed by atoms with van der Waals surface area (Å²) in [5.41, 5.74) is 0.974. The Bertz CT molecular complexity index is 465. The van der Waals surface area contributed by atoms with Gasteiger partial charge in [-0.2, -0.15) is 0 Å². The fourth-order valence-corrected chi connectivity index (χ4v) is 2.63. The summed E-state index contributed by atoms with van der Waals surface area (Å²) in [5, 5.41) is 0. The Kier molecular flexibility index (Phi) is 4.92. The summed E-state index contributed by atoms with van der Waals surface area (Å²) in [6.45, 7) is 10.5. The smallest absolute Gasteiger partial charge is 0.227 e. The van der Waals surface area contributed by atoms with Gasteiger partial charge < -0.3 is 9.64 Å². The molecule has 0 N–H and O–H groups in total. The van der Waals surface area contributed by atoms with Gasteiger partial charge in [-0.3, -0.25) is 4.79 Å². The van der Waals surface area contributed by atoms with Gasteiger partial charge in [0.25, 0.3) is 0 Å². The second kappa shape index (κ2) is 6.50. The molecule has 1 aromatic carbocycles. The topological polar surface area (TPSA) is 29.5 Å². The molecule has 2 rings (SSSR count). The van der Waals surface area contributed by atoms with Crippen molar-refractivity contribution in [2.75, 3.05) is 19.7 Å². The van der Waals surface area contributed by atoms with Crippen LogP contribution in [0.5, 0.6) is 5.75 Å². The Hall–Kier alpha value is -1.51. The first-order valence-electron chi connectivity index (χ1n) is 7.85. The molecule has 3 heteroatoms. The average molecular weight is 289 g/mol. The quantitative estimate of drug-likeness (QED) is 0.850. The summed E-state index contributed by atoms with van der Waals surface area (Å²) in [6, 6.07) is 8.18. The number of ether oxygens (including phenoxy) is 1. The van der Waals surface area contributed by atoms with E-state index in [2.05, 4.69) is 19.1 Å². The summed E-state index contributed by atoms with van der Waals surface area (Å²) in [5.74, 6) is 1.75. The molecule has 1 saturated heterocycles. The van der Waals surface area contributed by atoms with Gasteiger partial charge in [0.15, 0.2) is 0 Å². The van der Waals surface area contributed by atoms with E-state index in [1.54, 1.807) is 0 Å². The molecule has 116 valence electrons. The first-order chi connectivity index (χ1) is 9.86. The Morgan fingerprint density at radius 2 is 1.76 bits per heavy atom. The van der Waals surface area contributed by atoms with Gasteiger partial charge in [0, 0.05) is 18.5 Å². The van der Waals surface area contributed by atoms with Gasteiger partial charge in [-0.1, -0.05) is 38.5 Å². The standard InChI is InChI=1S/C18H27NO2/c1-14-5-7-16(8-6-14)21-13-15-9-11-19(12-10-15)17(20)18(2,3)4/h5-8,15H,9-13H2,1-4H3. The molecule has 21 heavy (non-hydrogen) atoms. The number of aryl methyl sites for hydroxylation is 1. The minimum absolute atomic E-state index is 0.264. The van der Waals surface area contributed by atoms with Crippen LogP contribution in [0.15, 0.2) is 24.3 Å². The maximum atomic E-state index is 12.2. The molecule has 0 saturated carbocycles. The highest BCUT2D eigenvalue weighted by Gasteiger charge is 2.30. The fraction of sp³-hybridized carbons (Fsp3) is 0.611. The molecule has 0 unspecified atom stereocenters. The third kappa shape index (κ3) is 4.48. The number of benzene rings is 1. The van der Waals surface area contributed by atoms with E-state index >= 15 is 0 Å². The van der Waals surface area contributed by atoms with E-state index in [0.29, 0.717) is 5.92 Å². The molecule has 0 bridgehead atoms. The van der Waals surface area contributed by atoms with Crippen LogP contribution in [0.4, 0.5) is 0 Å². The van der Waals surface area contributed by atoms with Crippen LogP contribution in [0.3, 0.4) is 0 Å². The second-order valence-electron chi connectivity index (χ2n) is 7.11. The van der Waals surface area contributed by atoms with Crippen molar-refractivity contribution in [3.63, 3.8) is 0 Å². The van der Waals surface area contributed by atoms with Gasteiger partial charge in [0.1, 0.15) is 5.75 Å². The lowest BCUT2D eigenvalue weighted by molar-refractivity contribution is -0.141. The van der Waals surface area contributed by atoms with E-state index in [0.717, 1.165) is 38.3 Å². The molecule has 0 aromatic heterocycles. The summed E-state index contributed by atoms with van der Waals surface area (Å²) in [6.07, 6.45) is 2.07. The van der Waals surface area contributed by atoms with Crippen molar-refractivity contribution in [3.8, 4) is 5.75 Å². The van der Waals surface area contributed by atoms with Gasteiger partial charge in [0.2, 0.25) is 5.91 Å². The molecule has 0 spiro atoms. The van der Waals surface area contributed by atoms with Crippen molar-refractivity contribution < 1.29 is 9.53 Å². The fourth-order valence-electron chi connectivity index (χ4n) is 2.63. The first-order valence-corrected chi connectivity index (χ1v) is 7.85. The van der Waals surface area contributed by atoms with Crippen LogP contribution in [0.25, 0.3) is 0 Å². The minimum Gasteiger partial charge on any atom is -0.493 e. The molecular formula is C18H27NO2. The zero-order valence-corrected chi connectivity index (χ0v) is 13.7. The largest absolute Gasteiger partial charge is 0.493 e. The van der Waals surface area contributed by atoms with Crippen molar-refractivity contribution in [1.29, 1.82) is 0 Å². The van der Waals surface area contributed by atoms with Crippen LogP contribution in [-0.4, -0.2) is 30.5 Å². The summed E-state index contributed by atoms with van der Waals surface area (Å²) in [7, 11) is 0. The molecule has 3 nitrogen and oxygen atoms in total. The van der Waals surface area contributed by atoms with Gasteiger partial charge in [-0.15, -0.1) is 0 Å². The third-order valence-corrected chi connectivity index (χ3v) is 4.05. The number of amides is 1. The number of nitrogens with zero attached hydrogens (tertiary/aromatic N) is 1. The average Bonchev–Trinajstić information content (AvgIpc) is 2.45. The number of carbonyl (C=O) groups is 1. The predicted octanol–water partition coefficient (Wildman–Crippen LogP) is 3.66. The van der Waals surface area contributed by atoms with Crippen molar-refractivity contribution in [3.05, 3.63) is 29.8 Å². The summed E-state index contributed by atoms with van der Waals surface area (Å²) >= 11 is 0. The van der Waals surface area contributed by atoms with E-state index in [1.807, 2.05) is 37.8 Å². The number of hydrogen-bond donors (Lipinski definition) is 0. The highest BCUT2D eigenvalue weighted by atomic mass is 16.5. The summed E-state index contributed by atoms with van der Waals surface area (Å²) < 4.78 is 5.86. The van der Waals surface area contributed by atoms with Gasteiger partial charge in [0.05, 0.1) is 6.61 Å². The molecule has 1 amide bonds. The number of carbonyl (C=O) groups excluding carboxylic acids is 1. The van der Waals surface area contributed by atoms with E-state index in [9.17, 15) is 4.79 Å². The number of piperidine rings is 1. The predicted molar refractivity (Wildman–Crippen MR) is 85.4 cm³/mol. The molecular weight excluding hydrogens is 262 g/mol. The Morgan fingerprint density at radius 1 is 1.19 bits per heavy atom. The maximum Gasteiger partial charge on any atom is 0.227 e. The number of likely N-dealkylation sites (tertiary alicyclic amines) is 1. The van der Waals surface area contributed by atoms with Crippen LogP contribution >= 0.6 is 0 Å². The normalized spacial score (nSPS) is 16.9. The van der Waals surface area contributed by atoms with Crippen LogP contribution in [-0.2, 0) is 4.79 Å². The Labute approximate surface area is 128 Å². The van der Waals surface area contributed by atoms with Crippen molar-refractivity contribution >= 4 is 5.91 Å². The summed E-state index contributed by atoms with van der Waals surface area (Å²) in [4.78, 5) is 14.2. The van der Waals surface area contributed by atoms with Gasteiger partial charge in [-0.25, -0.2) is 0 Å². The van der Waals surface area contributed by atoms with E-state index in [4.69, 9.17) is 4.74 Å². The lowest BCUT2D eigenvalue weighted by atomic mass is 9.91. The molecule has 0 radical (unpaired) electrons. The molecule has 1 aliphatic heterocycles. The lowest BCUT2D eigenvalue weighted by Crippen LogP contribution is -2.44. The van der Waals surface area contributed by atoms with Crippen LogP contribution in [0.1, 0.15) is 39.2 Å². The first kappa shape index (κ1) is 15.9. The van der Waals surface area contributed by atoms with E-state index in [1.165, 1.54) is 5.56 Å². The monoisotopic (exact) mass is 289 g/mol. The molecule has 1 aromatic rings. The minimum atomic E-state index is -0.273. The van der Waals surface area contributed by atoms with Crippen molar-refractivity contribution in [1.82, 2.24) is 4.90 Å². The molecule has 1 aliphatic rings. The maximum absolute atomic E-state index is 12.2. The lowest BCUT2D eigenvalue weighted by Gasteiger charge is -2.35.